The summed E-state index contributed by atoms with van der Waals surface area (Å²) in [7, 11) is 0. The summed E-state index contributed by atoms with van der Waals surface area (Å²) in [6.45, 7) is 2.77. The summed E-state index contributed by atoms with van der Waals surface area (Å²) in [4.78, 5) is 36.0. The zero-order chi connectivity index (χ0) is 22.6. The van der Waals surface area contributed by atoms with Gasteiger partial charge in [-0.25, -0.2) is 0 Å². The van der Waals surface area contributed by atoms with Crippen LogP contribution in [-0.2, 0) is 16.1 Å². The van der Waals surface area contributed by atoms with E-state index in [2.05, 4.69) is 37.4 Å². The molecule has 0 unspecified atom stereocenters. The van der Waals surface area contributed by atoms with Crippen molar-refractivity contribution < 1.29 is 19.1 Å². The molecular weight excluding hydrogens is 484 g/mol. The number of carbonyl (C=O) groups excluding carboxylic acids is 3. The average Bonchev–Trinajstić information content (AvgIpc) is 2.77. The largest absolute Gasteiger partial charge is 0.493 e. The Morgan fingerprint density at radius 3 is 2.39 bits per heavy atom. The van der Waals surface area contributed by atoms with Gasteiger partial charge in [-0.3, -0.25) is 30.6 Å². The number of hydrazine groups is 1. The lowest BCUT2D eigenvalue weighted by Gasteiger charge is -2.12. The normalized spacial score (nSPS) is 10.0. The van der Waals surface area contributed by atoms with E-state index in [4.69, 9.17) is 17.0 Å². The second-order valence-corrected chi connectivity index (χ2v) is 7.56. The number of halogens is 1. The zero-order valence-corrected chi connectivity index (χ0v) is 19.3. The summed E-state index contributed by atoms with van der Waals surface area (Å²) >= 11 is 8.35. The van der Waals surface area contributed by atoms with Crippen molar-refractivity contribution in [1.29, 1.82) is 0 Å². The van der Waals surface area contributed by atoms with E-state index in [9.17, 15) is 14.4 Å². The Morgan fingerprint density at radius 1 is 1.00 bits per heavy atom. The van der Waals surface area contributed by atoms with E-state index in [1.807, 2.05) is 37.3 Å². The predicted octanol–water partition coefficient (Wildman–Crippen LogP) is 2.58. The third-order valence-electron chi connectivity index (χ3n) is 3.95. The summed E-state index contributed by atoms with van der Waals surface area (Å²) in [6, 6.07) is 14.3. The first kappa shape index (κ1) is 24.3. The maximum Gasteiger partial charge on any atom is 0.257 e. The molecule has 3 amide bonds. The van der Waals surface area contributed by atoms with Gasteiger partial charge < -0.3 is 10.1 Å². The first-order valence-corrected chi connectivity index (χ1v) is 10.7. The number of amides is 3. The molecule has 0 aliphatic rings. The summed E-state index contributed by atoms with van der Waals surface area (Å²) < 4.78 is 6.04. The molecule has 0 saturated carbocycles. The molecule has 2 aromatic carbocycles. The highest BCUT2D eigenvalue weighted by Crippen LogP contribution is 2.25. The van der Waals surface area contributed by atoms with E-state index >= 15 is 0 Å². The van der Waals surface area contributed by atoms with E-state index in [0.29, 0.717) is 28.9 Å². The molecule has 31 heavy (non-hydrogen) atoms. The molecule has 0 aliphatic heterocycles. The van der Waals surface area contributed by atoms with Crippen molar-refractivity contribution in [3.05, 3.63) is 64.1 Å². The van der Waals surface area contributed by atoms with E-state index in [0.717, 1.165) is 5.56 Å². The minimum Gasteiger partial charge on any atom is -0.493 e. The highest BCUT2D eigenvalue weighted by molar-refractivity contribution is 9.10. The lowest BCUT2D eigenvalue weighted by atomic mass is 10.2. The molecule has 0 aromatic heterocycles. The van der Waals surface area contributed by atoms with Gasteiger partial charge in [-0.05, 0) is 58.8 Å². The van der Waals surface area contributed by atoms with Gasteiger partial charge >= 0.3 is 0 Å². The summed E-state index contributed by atoms with van der Waals surface area (Å²) in [5.41, 5.74) is 6.13. The Balaban J connectivity index is 1.68. The fourth-order valence-electron chi connectivity index (χ4n) is 2.42. The number of benzene rings is 2. The van der Waals surface area contributed by atoms with Crippen LogP contribution >= 0.6 is 28.1 Å². The van der Waals surface area contributed by atoms with Crippen LogP contribution in [0.25, 0.3) is 0 Å². The first-order chi connectivity index (χ1) is 14.9. The van der Waals surface area contributed by atoms with E-state index in [1.165, 1.54) is 0 Å². The van der Waals surface area contributed by atoms with Gasteiger partial charge in [0.1, 0.15) is 5.75 Å². The van der Waals surface area contributed by atoms with Crippen molar-refractivity contribution >= 4 is 51.0 Å². The van der Waals surface area contributed by atoms with Crippen molar-refractivity contribution in [1.82, 2.24) is 21.5 Å². The zero-order valence-electron chi connectivity index (χ0n) is 16.9. The number of carbonyl (C=O) groups is 3. The molecule has 2 rings (SSSR count). The van der Waals surface area contributed by atoms with Crippen LogP contribution in [0, 0.1) is 0 Å². The van der Waals surface area contributed by atoms with Crippen LogP contribution in [-0.4, -0.2) is 29.4 Å². The van der Waals surface area contributed by atoms with Gasteiger partial charge in [0.25, 0.3) is 5.91 Å². The first-order valence-electron chi connectivity index (χ1n) is 9.52. The molecule has 0 spiro atoms. The van der Waals surface area contributed by atoms with Crippen LogP contribution in [0.1, 0.15) is 35.7 Å². The van der Waals surface area contributed by atoms with E-state index < -0.39 is 11.8 Å². The molecule has 10 heteroatoms. The van der Waals surface area contributed by atoms with Crippen LogP contribution < -0.4 is 26.2 Å². The van der Waals surface area contributed by atoms with Crippen molar-refractivity contribution in [2.24, 2.45) is 0 Å². The van der Waals surface area contributed by atoms with Crippen LogP contribution in [0.15, 0.2) is 53.0 Å². The molecule has 0 saturated heterocycles. The fourth-order valence-corrected chi connectivity index (χ4v) is 3.06. The van der Waals surface area contributed by atoms with E-state index in [-0.39, 0.29) is 23.9 Å². The molecule has 0 bridgehead atoms. The Bertz CT molecular complexity index is 940. The quantitative estimate of drug-likeness (QED) is 0.323. The number of rotatable bonds is 8. The molecule has 4 N–H and O–H groups in total. The SMILES string of the molecule is CCOc1ccc(C(=O)NC(=S)NNC(=O)CCC(=O)NCc2ccccc2)cc1Br. The third-order valence-corrected chi connectivity index (χ3v) is 4.77. The van der Waals surface area contributed by atoms with Gasteiger partial charge in [-0.2, -0.15) is 0 Å². The van der Waals surface area contributed by atoms with Gasteiger partial charge in [0.2, 0.25) is 11.8 Å². The molecule has 2 aromatic rings. The molecule has 164 valence electrons. The summed E-state index contributed by atoms with van der Waals surface area (Å²) in [6.07, 6.45) is -0.00427. The van der Waals surface area contributed by atoms with Gasteiger partial charge in [0.05, 0.1) is 11.1 Å². The average molecular weight is 507 g/mol. The second kappa shape index (κ2) is 12.7. The van der Waals surface area contributed by atoms with Crippen LogP contribution in [0.2, 0.25) is 0 Å². The summed E-state index contributed by atoms with van der Waals surface area (Å²) in [5.74, 6) is -0.498. The van der Waals surface area contributed by atoms with E-state index in [1.54, 1.807) is 18.2 Å². The molecule has 8 nitrogen and oxygen atoms in total. The highest BCUT2D eigenvalue weighted by atomic mass is 79.9. The topological polar surface area (TPSA) is 109 Å². The molecule has 0 fully saturated rings. The van der Waals surface area contributed by atoms with Gasteiger partial charge in [0.15, 0.2) is 5.11 Å². The van der Waals surface area contributed by atoms with Crippen LogP contribution in [0.3, 0.4) is 0 Å². The van der Waals surface area contributed by atoms with Crippen molar-refractivity contribution in [3.8, 4) is 5.75 Å². The van der Waals surface area contributed by atoms with Crippen molar-refractivity contribution in [3.63, 3.8) is 0 Å². The molecule has 0 aliphatic carbocycles. The maximum absolute atomic E-state index is 12.3. The molecular formula is C21H23BrN4O4S. The lowest BCUT2D eigenvalue weighted by Crippen LogP contribution is -2.48. The van der Waals surface area contributed by atoms with Gasteiger partial charge in [-0.15, -0.1) is 0 Å². The van der Waals surface area contributed by atoms with Crippen LogP contribution in [0.5, 0.6) is 5.75 Å². The third kappa shape index (κ3) is 8.73. The number of ether oxygens (including phenoxy) is 1. The lowest BCUT2D eigenvalue weighted by molar-refractivity contribution is -0.126. The number of nitrogens with one attached hydrogen (secondary N) is 4. The maximum atomic E-state index is 12.3. The minimum absolute atomic E-state index is 0.0275. The van der Waals surface area contributed by atoms with Crippen molar-refractivity contribution in [2.75, 3.05) is 6.61 Å². The predicted molar refractivity (Wildman–Crippen MR) is 124 cm³/mol. The minimum atomic E-state index is -0.448. The summed E-state index contributed by atoms with van der Waals surface area (Å²) in [5, 5.41) is 5.13. The monoisotopic (exact) mass is 506 g/mol. The second-order valence-electron chi connectivity index (χ2n) is 6.30. The number of hydrogen-bond acceptors (Lipinski definition) is 5. The molecule has 0 heterocycles. The molecule has 0 radical (unpaired) electrons. The highest BCUT2D eigenvalue weighted by Gasteiger charge is 2.12. The smallest absolute Gasteiger partial charge is 0.257 e. The van der Waals surface area contributed by atoms with Gasteiger partial charge in [-0.1, -0.05) is 30.3 Å². The number of hydrogen-bond donors (Lipinski definition) is 4. The fraction of sp³-hybridized carbons (Fsp3) is 0.238. The van der Waals surface area contributed by atoms with Gasteiger partial charge in [0, 0.05) is 24.9 Å². The Labute approximate surface area is 194 Å². The number of thiocarbonyl (C=S) groups is 1. The Hall–Kier alpha value is -2.98. The van der Waals surface area contributed by atoms with Crippen LogP contribution in [0.4, 0.5) is 0 Å². The van der Waals surface area contributed by atoms with Crippen molar-refractivity contribution in [2.45, 2.75) is 26.3 Å². The Kier molecular flexibility index (Phi) is 9.92. The Morgan fingerprint density at radius 2 is 1.71 bits per heavy atom. The standard InChI is InChI=1S/C21H23BrN4O4S/c1-2-30-17-9-8-15(12-16(17)22)20(29)24-21(31)26-25-19(28)11-10-18(27)23-13-14-6-4-3-5-7-14/h3-9,12H,2,10-11,13H2,1H3,(H,23,27)(H,25,28)(H2,24,26,29,31). The molecule has 0 atom stereocenters.